The molecule has 2 aliphatic heterocycles. The molecule has 2 unspecified atom stereocenters. The molecule has 0 bridgehead atoms. The van der Waals surface area contributed by atoms with Gasteiger partial charge in [-0.05, 0) is 37.6 Å². The summed E-state index contributed by atoms with van der Waals surface area (Å²) in [6.07, 6.45) is 0.436. The number of imide groups is 1. The average molecular weight is 711 g/mol. The van der Waals surface area contributed by atoms with Crippen LogP contribution in [0.25, 0.3) is 0 Å². The van der Waals surface area contributed by atoms with Crippen LogP contribution in [0.2, 0.25) is 0 Å². The number of hydrogen-bond donors (Lipinski definition) is 1. The van der Waals surface area contributed by atoms with Crippen molar-refractivity contribution in [3.63, 3.8) is 0 Å². The maximum Gasteiger partial charge on any atom is 0.297 e. The van der Waals surface area contributed by atoms with Crippen molar-refractivity contribution in [2.75, 3.05) is 78.4 Å². The van der Waals surface area contributed by atoms with Crippen LogP contribution in [-0.4, -0.2) is 120 Å². The summed E-state index contributed by atoms with van der Waals surface area (Å²) in [7, 11) is -5.21. The molecule has 1 N–H and O–H groups in total. The predicted octanol–water partition coefficient (Wildman–Crippen LogP) is 1.35. The summed E-state index contributed by atoms with van der Waals surface area (Å²) in [5.41, 5.74) is 2.03. The SMILES string of the molecule is Cc1ccc(S(=O)(=O)OCCOCCOCCOCCOCCOCCS(=O)c2cccc3c2CN(C2CCC(=O)NC2=O)C3=O)cc1. The number of nitrogens with one attached hydrogen (secondary N) is 1. The Morgan fingerprint density at radius 3 is 1.94 bits per heavy atom. The lowest BCUT2D eigenvalue weighted by Crippen LogP contribution is -2.52. The number of piperidine rings is 1. The van der Waals surface area contributed by atoms with Crippen LogP contribution in [0.15, 0.2) is 52.3 Å². The van der Waals surface area contributed by atoms with Crippen molar-refractivity contribution >= 4 is 38.6 Å². The van der Waals surface area contributed by atoms with Gasteiger partial charge >= 0.3 is 0 Å². The van der Waals surface area contributed by atoms with Crippen LogP contribution < -0.4 is 5.32 Å². The van der Waals surface area contributed by atoms with E-state index in [-0.39, 0.29) is 61.7 Å². The number of hydrogen-bond acceptors (Lipinski definition) is 12. The summed E-state index contributed by atoms with van der Waals surface area (Å²) in [5.74, 6) is -0.899. The average Bonchev–Trinajstić information content (AvgIpc) is 3.40. The standard InChI is InChI=1S/C32H42N2O12S2/c1-24-5-7-25(8-6-24)48(39,40)46-20-19-44-16-15-42-12-11-41-13-14-43-17-18-45-21-22-47(38)29-4-2-3-26-27(29)23-34(32(26)37)28-9-10-30(35)33-31(28)36/h2-8,28H,9-23H2,1H3,(H,33,35,36). The molecule has 3 amide bonds. The van der Waals surface area contributed by atoms with Gasteiger partial charge in [-0.15, -0.1) is 0 Å². The Balaban J connectivity index is 0.961. The summed E-state index contributed by atoms with van der Waals surface area (Å²) >= 11 is 0. The third kappa shape index (κ3) is 11.2. The molecular weight excluding hydrogens is 668 g/mol. The molecule has 1 saturated heterocycles. The molecule has 2 aromatic carbocycles. The summed E-state index contributed by atoms with van der Waals surface area (Å²) < 4.78 is 69.4. The molecule has 264 valence electrons. The van der Waals surface area contributed by atoms with Crippen LogP contribution >= 0.6 is 0 Å². The van der Waals surface area contributed by atoms with Gasteiger partial charge in [-0.25, -0.2) is 0 Å². The predicted molar refractivity (Wildman–Crippen MR) is 172 cm³/mol. The van der Waals surface area contributed by atoms with Crippen LogP contribution in [0.3, 0.4) is 0 Å². The van der Waals surface area contributed by atoms with Gasteiger partial charge in [0.2, 0.25) is 11.8 Å². The van der Waals surface area contributed by atoms with E-state index in [0.717, 1.165) is 5.56 Å². The van der Waals surface area contributed by atoms with E-state index >= 15 is 0 Å². The van der Waals surface area contributed by atoms with E-state index in [9.17, 15) is 27.0 Å². The second kappa shape index (κ2) is 19.2. The fourth-order valence-electron chi connectivity index (χ4n) is 4.97. The molecule has 0 aliphatic carbocycles. The number of nitrogens with zero attached hydrogens (tertiary/aromatic N) is 1. The first-order chi connectivity index (χ1) is 23.2. The number of aryl methyl sites for hydroxylation is 1. The second-order valence-electron chi connectivity index (χ2n) is 10.9. The number of carbonyl (C=O) groups excluding carboxylic acids is 3. The van der Waals surface area contributed by atoms with Crippen LogP contribution in [-0.2, 0) is 64.9 Å². The summed E-state index contributed by atoms with van der Waals surface area (Å²) in [6.45, 7) is 5.10. The molecule has 4 rings (SSSR count). The summed E-state index contributed by atoms with van der Waals surface area (Å²) in [6, 6.07) is 10.8. The minimum Gasteiger partial charge on any atom is -0.378 e. The van der Waals surface area contributed by atoms with E-state index in [1.807, 2.05) is 6.92 Å². The van der Waals surface area contributed by atoms with E-state index < -0.39 is 32.9 Å². The number of ether oxygens (including phenoxy) is 5. The molecule has 14 nitrogen and oxygen atoms in total. The molecule has 0 saturated carbocycles. The van der Waals surface area contributed by atoms with E-state index in [1.165, 1.54) is 17.0 Å². The van der Waals surface area contributed by atoms with Gasteiger partial charge in [0.25, 0.3) is 16.0 Å². The van der Waals surface area contributed by atoms with E-state index in [2.05, 4.69) is 5.32 Å². The quantitative estimate of drug-likeness (QED) is 0.106. The van der Waals surface area contributed by atoms with Crippen molar-refractivity contribution in [3.8, 4) is 0 Å². The summed E-state index contributed by atoms with van der Waals surface area (Å²) in [4.78, 5) is 38.9. The molecule has 1 fully saturated rings. The Kier molecular flexibility index (Phi) is 15.1. The zero-order valence-corrected chi connectivity index (χ0v) is 28.5. The fourth-order valence-corrected chi connectivity index (χ4v) is 7.03. The van der Waals surface area contributed by atoms with Crippen molar-refractivity contribution in [3.05, 3.63) is 59.2 Å². The lowest BCUT2D eigenvalue weighted by molar-refractivity contribution is -0.136. The second-order valence-corrected chi connectivity index (χ2v) is 14.0. The van der Waals surface area contributed by atoms with Crippen molar-refractivity contribution in [2.24, 2.45) is 0 Å². The molecule has 2 heterocycles. The fraction of sp³-hybridized carbons (Fsp3) is 0.531. The number of carbonyl (C=O) groups is 3. The van der Waals surface area contributed by atoms with E-state index in [1.54, 1.807) is 30.3 Å². The van der Waals surface area contributed by atoms with Crippen LogP contribution in [0.4, 0.5) is 0 Å². The van der Waals surface area contributed by atoms with Crippen LogP contribution in [0.1, 0.15) is 34.3 Å². The monoisotopic (exact) mass is 710 g/mol. The number of amides is 3. The highest BCUT2D eigenvalue weighted by molar-refractivity contribution is 7.86. The zero-order valence-electron chi connectivity index (χ0n) is 26.9. The molecule has 0 aromatic heterocycles. The molecule has 48 heavy (non-hydrogen) atoms. The first-order valence-electron chi connectivity index (χ1n) is 15.7. The van der Waals surface area contributed by atoms with Gasteiger partial charge in [0.1, 0.15) is 6.04 Å². The number of rotatable bonds is 22. The van der Waals surface area contributed by atoms with Gasteiger partial charge in [-0.2, -0.15) is 8.42 Å². The molecular formula is C32H42N2O12S2. The smallest absolute Gasteiger partial charge is 0.297 e. The molecule has 2 aromatic rings. The Bertz CT molecular complexity index is 1520. The van der Waals surface area contributed by atoms with Crippen molar-refractivity contribution < 1.29 is 54.9 Å². The third-order valence-corrected chi connectivity index (χ3v) is 10.2. The Morgan fingerprint density at radius 2 is 1.35 bits per heavy atom. The highest BCUT2D eigenvalue weighted by Gasteiger charge is 2.40. The molecule has 2 atom stereocenters. The van der Waals surface area contributed by atoms with Crippen molar-refractivity contribution in [1.29, 1.82) is 0 Å². The Hall–Kier alpha value is -3.09. The normalized spacial score (nSPS) is 17.1. The van der Waals surface area contributed by atoms with E-state index in [0.29, 0.717) is 68.9 Å². The summed E-state index contributed by atoms with van der Waals surface area (Å²) in [5, 5.41) is 2.28. The van der Waals surface area contributed by atoms with Gasteiger partial charge in [0, 0.05) is 29.0 Å². The van der Waals surface area contributed by atoms with Gasteiger partial charge in [0.05, 0.1) is 94.1 Å². The maximum absolute atomic E-state index is 13.0. The molecule has 2 aliphatic rings. The Labute approximate surface area is 282 Å². The van der Waals surface area contributed by atoms with Gasteiger partial charge < -0.3 is 28.6 Å². The van der Waals surface area contributed by atoms with Crippen LogP contribution in [0, 0.1) is 6.92 Å². The first-order valence-corrected chi connectivity index (χ1v) is 18.4. The van der Waals surface area contributed by atoms with E-state index in [4.69, 9.17) is 27.9 Å². The molecule has 0 radical (unpaired) electrons. The van der Waals surface area contributed by atoms with Crippen molar-refractivity contribution in [2.45, 2.75) is 42.1 Å². The lowest BCUT2D eigenvalue weighted by atomic mass is 10.0. The minimum absolute atomic E-state index is 0.0863. The number of fused-ring (bicyclic) bond motifs is 1. The van der Waals surface area contributed by atoms with Gasteiger partial charge in [-0.1, -0.05) is 23.8 Å². The van der Waals surface area contributed by atoms with Gasteiger partial charge in [-0.3, -0.25) is 28.1 Å². The van der Waals surface area contributed by atoms with Gasteiger partial charge in [0.15, 0.2) is 0 Å². The largest absolute Gasteiger partial charge is 0.378 e. The minimum atomic E-state index is -3.80. The highest BCUT2D eigenvalue weighted by atomic mass is 32.2. The molecule has 16 heteroatoms. The lowest BCUT2D eigenvalue weighted by Gasteiger charge is -2.29. The number of benzene rings is 2. The first kappa shape index (κ1) is 37.7. The zero-order chi connectivity index (χ0) is 34.4. The van der Waals surface area contributed by atoms with Crippen molar-refractivity contribution in [1.82, 2.24) is 10.2 Å². The van der Waals surface area contributed by atoms with Crippen LogP contribution in [0.5, 0.6) is 0 Å². The highest BCUT2D eigenvalue weighted by Crippen LogP contribution is 2.31. The topological polar surface area (TPSA) is 173 Å². The Morgan fingerprint density at radius 1 is 0.792 bits per heavy atom. The third-order valence-electron chi connectivity index (χ3n) is 7.46. The maximum atomic E-state index is 13.0. The molecule has 0 spiro atoms.